The molecule has 0 aromatic carbocycles. The van der Waals surface area contributed by atoms with Crippen molar-refractivity contribution in [3.63, 3.8) is 0 Å². The fourth-order valence-corrected chi connectivity index (χ4v) is 1.76. The monoisotopic (exact) mass is 238 g/mol. The molecule has 18 heavy (non-hydrogen) atoms. The van der Waals surface area contributed by atoms with Crippen LogP contribution < -0.4 is 5.32 Å². The summed E-state index contributed by atoms with van der Waals surface area (Å²) in [6.07, 6.45) is 3.52. The number of nitriles is 1. The van der Waals surface area contributed by atoms with E-state index in [1.54, 1.807) is 24.5 Å². The van der Waals surface area contributed by atoms with Crippen LogP contribution in [0.3, 0.4) is 0 Å². The van der Waals surface area contributed by atoms with E-state index in [0.717, 1.165) is 17.1 Å². The van der Waals surface area contributed by atoms with Crippen molar-refractivity contribution in [1.82, 2.24) is 9.97 Å². The minimum atomic E-state index is 0.119. The quantitative estimate of drug-likeness (QED) is 0.893. The van der Waals surface area contributed by atoms with Crippen molar-refractivity contribution in [3.05, 3.63) is 53.5 Å². The second kappa shape index (κ2) is 5.28. The van der Waals surface area contributed by atoms with Crippen molar-refractivity contribution in [1.29, 1.82) is 5.26 Å². The van der Waals surface area contributed by atoms with Gasteiger partial charge in [0, 0.05) is 18.1 Å². The molecule has 0 amide bonds. The molecule has 4 nitrogen and oxygen atoms in total. The summed E-state index contributed by atoms with van der Waals surface area (Å²) in [6, 6.07) is 9.69. The van der Waals surface area contributed by atoms with Gasteiger partial charge in [0.15, 0.2) is 0 Å². The summed E-state index contributed by atoms with van der Waals surface area (Å²) >= 11 is 0. The molecule has 1 unspecified atom stereocenters. The lowest BCUT2D eigenvalue weighted by molar-refractivity contribution is 0.868. The zero-order chi connectivity index (χ0) is 13.0. The first-order valence-electron chi connectivity index (χ1n) is 5.74. The van der Waals surface area contributed by atoms with E-state index in [2.05, 4.69) is 21.4 Å². The molecule has 0 spiro atoms. The predicted molar refractivity (Wildman–Crippen MR) is 70.0 cm³/mol. The lowest BCUT2D eigenvalue weighted by atomic mass is 10.1. The van der Waals surface area contributed by atoms with Gasteiger partial charge in [-0.05, 0) is 43.7 Å². The Morgan fingerprint density at radius 1 is 1.28 bits per heavy atom. The molecule has 0 aliphatic heterocycles. The Kier molecular flexibility index (Phi) is 3.54. The molecule has 0 aliphatic rings. The van der Waals surface area contributed by atoms with Gasteiger partial charge in [0.2, 0.25) is 0 Å². The van der Waals surface area contributed by atoms with Gasteiger partial charge in [-0.15, -0.1) is 0 Å². The second-order valence-electron chi connectivity index (χ2n) is 4.14. The minimum absolute atomic E-state index is 0.119. The maximum Gasteiger partial charge on any atom is 0.127 e. The lowest BCUT2D eigenvalue weighted by Crippen LogP contribution is -2.08. The molecule has 0 bridgehead atoms. The molecule has 1 N–H and O–H groups in total. The van der Waals surface area contributed by atoms with Crippen molar-refractivity contribution in [2.24, 2.45) is 0 Å². The van der Waals surface area contributed by atoms with Gasteiger partial charge in [-0.25, -0.2) is 4.98 Å². The van der Waals surface area contributed by atoms with E-state index >= 15 is 0 Å². The zero-order valence-corrected chi connectivity index (χ0v) is 10.4. The molecule has 0 fully saturated rings. The molecular weight excluding hydrogens is 224 g/mol. The highest BCUT2D eigenvalue weighted by atomic mass is 15.0. The minimum Gasteiger partial charge on any atom is -0.364 e. The normalized spacial score (nSPS) is 11.6. The largest absolute Gasteiger partial charge is 0.364 e. The first-order valence-corrected chi connectivity index (χ1v) is 5.74. The Labute approximate surface area is 106 Å². The lowest BCUT2D eigenvalue weighted by Gasteiger charge is -2.15. The Balaban J connectivity index is 2.20. The van der Waals surface area contributed by atoms with Crippen molar-refractivity contribution in [3.8, 4) is 6.07 Å². The Bertz CT molecular complexity index is 572. The number of nitrogens with one attached hydrogen (secondary N) is 1. The van der Waals surface area contributed by atoms with Crippen molar-refractivity contribution < 1.29 is 0 Å². The maximum atomic E-state index is 8.92. The Morgan fingerprint density at radius 3 is 2.67 bits per heavy atom. The highest BCUT2D eigenvalue weighted by Crippen LogP contribution is 2.18. The number of hydrogen-bond acceptors (Lipinski definition) is 4. The van der Waals surface area contributed by atoms with Crippen LogP contribution in [0.4, 0.5) is 5.82 Å². The van der Waals surface area contributed by atoms with Crippen molar-refractivity contribution in [2.45, 2.75) is 19.9 Å². The Morgan fingerprint density at radius 2 is 2.00 bits per heavy atom. The van der Waals surface area contributed by atoms with E-state index in [0.29, 0.717) is 5.56 Å². The molecule has 90 valence electrons. The van der Waals surface area contributed by atoms with Crippen LogP contribution in [-0.4, -0.2) is 9.97 Å². The highest BCUT2D eigenvalue weighted by molar-refractivity contribution is 5.45. The molecule has 0 saturated heterocycles. The van der Waals surface area contributed by atoms with Crippen molar-refractivity contribution >= 4 is 5.82 Å². The van der Waals surface area contributed by atoms with Crippen LogP contribution in [-0.2, 0) is 0 Å². The molecule has 4 heteroatoms. The van der Waals surface area contributed by atoms with Gasteiger partial charge in [0.25, 0.3) is 0 Å². The van der Waals surface area contributed by atoms with Gasteiger partial charge < -0.3 is 5.32 Å². The number of nitrogens with zero attached hydrogens (tertiary/aromatic N) is 3. The Hall–Kier alpha value is -2.41. The molecule has 0 radical (unpaired) electrons. The smallest absolute Gasteiger partial charge is 0.127 e. The topological polar surface area (TPSA) is 61.6 Å². The average molecular weight is 238 g/mol. The van der Waals surface area contributed by atoms with Gasteiger partial charge in [-0.2, -0.15) is 5.26 Å². The third-order valence-electron chi connectivity index (χ3n) is 2.65. The number of aryl methyl sites for hydroxylation is 1. The number of hydrogen-bond donors (Lipinski definition) is 1. The number of anilines is 1. The van der Waals surface area contributed by atoms with Crippen LogP contribution in [0.5, 0.6) is 0 Å². The number of rotatable bonds is 3. The van der Waals surface area contributed by atoms with E-state index in [4.69, 9.17) is 5.26 Å². The van der Waals surface area contributed by atoms with E-state index in [9.17, 15) is 0 Å². The molecule has 2 rings (SSSR count). The average Bonchev–Trinajstić information content (AvgIpc) is 2.39. The van der Waals surface area contributed by atoms with Gasteiger partial charge in [-0.3, -0.25) is 4.98 Å². The SMILES string of the molecule is Cc1cc(C#N)cc(NC(C)c2ccncc2)n1. The summed E-state index contributed by atoms with van der Waals surface area (Å²) in [7, 11) is 0. The fraction of sp³-hybridized carbons (Fsp3) is 0.214. The predicted octanol–water partition coefficient (Wildman–Crippen LogP) is 2.83. The molecule has 0 aliphatic carbocycles. The van der Waals surface area contributed by atoms with Crippen LogP contribution in [0.15, 0.2) is 36.7 Å². The molecule has 2 aromatic heterocycles. The molecular formula is C14H14N4. The number of aromatic nitrogens is 2. The summed E-state index contributed by atoms with van der Waals surface area (Å²) < 4.78 is 0. The summed E-state index contributed by atoms with van der Waals surface area (Å²) in [4.78, 5) is 8.36. The van der Waals surface area contributed by atoms with Crippen LogP contribution in [0.25, 0.3) is 0 Å². The standard InChI is InChI=1S/C14H14N4/c1-10-7-12(9-15)8-14(17-10)18-11(2)13-3-5-16-6-4-13/h3-8,11H,1-2H3,(H,17,18). The van der Waals surface area contributed by atoms with Crippen LogP contribution >= 0.6 is 0 Å². The van der Waals surface area contributed by atoms with Crippen LogP contribution in [0.2, 0.25) is 0 Å². The van der Waals surface area contributed by atoms with Gasteiger partial charge in [0.1, 0.15) is 5.82 Å². The van der Waals surface area contributed by atoms with Crippen molar-refractivity contribution in [2.75, 3.05) is 5.32 Å². The van der Waals surface area contributed by atoms with Gasteiger partial charge >= 0.3 is 0 Å². The molecule has 1 atom stereocenters. The first kappa shape index (κ1) is 12.1. The molecule has 2 aromatic rings. The van der Waals surface area contributed by atoms with E-state index in [-0.39, 0.29) is 6.04 Å². The summed E-state index contributed by atoms with van der Waals surface area (Å²) in [5.41, 5.74) is 2.58. The van der Waals surface area contributed by atoms with Crippen LogP contribution in [0, 0.1) is 18.3 Å². The van der Waals surface area contributed by atoms with Gasteiger partial charge in [0.05, 0.1) is 17.7 Å². The van der Waals surface area contributed by atoms with E-state index in [1.807, 2.05) is 26.0 Å². The highest BCUT2D eigenvalue weighted by Gasteiger charge is 2.06. The molecule has 2 heterocycles. The number of pyridine rings is 2. The summed E-state index contributed by atoms with van der Waals surface area (Å²) in [5, 5.41) is 12.2. The zero-order valence-electron chi connectivity index (χ0n) is 10.4. The second-order valence-corrected chi connectivity index (χ2v) is 4.14. The summed E-state index contributed by atoms with van der Waals surface area (Å²) in [6.45, 7) is 3.93. The summed E-state index contributed by atoms with van der Waals surface area (Å²) in [5.74, 6) is 0.718. The first-order chi connectivity index (χ1) is 8.69. The van der Waals surface area contributed by atoms with Gasteiger partial charge in [-0.1, -0.05) is 0 Å². The van der Waals surface area contributed by atoms with E-state index in [1.165, 1.54) is 0 Å². The molecule has 0 saturated carbocycles. The van der Waals surface area contributed by atoms with E-state index < -0.39 is 0 Å². The maximum absolute atomic E-state index is 8.92. The third-order valence-corrected chi connectivity index (χ3v) is 2.65. The fourth-order valence-electron chi connectivity index (χ4n) is 1.76. The van der Waals surface area contributed by atoms with Crippen LogP contribution in [0.1, 0.15) is 29.8 Å². The third kappa shape index (κ3) is 2.83.